The second-order valence-corrected chi connectivity index (χ2v) is 14.7. The normalized spacial score (nSPS) is 60.5. The Bertz CT molecular complexity index is 678. The zero-order valence-electron chi connectivity index (χ0n) is 21.7. The highest BCUT2D eigenvalue weighted by molar-refractivity contribution is 5.17. The summed E-state index contributed by atoms with van der Waals surface area (Å²) in [7, 11) is 0. The minimum Gasteiger partial charge on any atom is -0.0625 e. The highest BCUT2D eigenvalue weighted by Gasteiger charge is 2.69. The van der Waals surface area contributed by atoms with Crippen molar-refractivity contribution in [3.8, 4) is 0 Å². The maximum Gasteiger partial charge on any atom is -0.0235 e. The standard InChI is InChI=1S/C30H52/c1-19(2)22-12-15-28(6)23(22)13-16-30(8)25(28)10-9-24-26-21(4)20(3)11-14-27(26,5)17-18-29(24,30)7/h19-26H,9-18H2,1-8H3/t20-,21+,22-,23+,24-,25-,26+,27-,28+,29-,30-/m1/s1. The number of fused-ring (bicyclic) bond motifs is 7. The van der Waals surface area contributed by atoms with Crippen molar-refractivity contribution in [2.24, 2.45) is 69.0 Å². The molecule has 0 aliphatic heterocycles. The van der Waals surface area contributed by atoms with Gasteiger partial charge in [0.05, 0.1) is 0 Å². The molecular weight excluding hydrogens is 360 g/mol. The van der Waals surface area contributed by atoms with Crippen LogP contribution in [0.3, 0.4) is 0 Å². The van der Waals surface area contributed by atoms with E-state index in [9.17, 15) is 0 Å². The lowest BCUT2D eigenvalue weighted by atomic mass is 9.33. The van der Waals surface area contributed by atoms with Crippen LogP contribution >= 0.6 is 0 Å². The molecule has 0 unspecified atom stereocenters. The van der Waals surface area contributed by atoms with Crippen LogP contribution in [0.4, 0.5) is 0 Å². The molecule has 0 radical (unpaired) electrons. The second kappa shape index (κ2) is 6.76. The lowest BCUT2D eigenvalue weighted by Crippen LogP contribution is -2.64. The van der Waals surface area contributed by atoms with E-state index in [0.717, 1.165) is 47.3 Å². The van der Waals surface area contributed by atoms with Gasteiger partial charge in [0.1, 0.15) is 0 Å². The molecule has 0 amide bonds. The molecule has 0 saturated heterocycles. The third-order valence-electron chi connectivity index (χ3n) is 13.8. The van der Waals surface area contributed by atoms with Gasteiger partial charge in [0.2, 0.25) is 0 Å². The van der Waals surface area contributed by atoms with E-state index in [2.05, 4.69) is 55.4 Å². The fourth-order valence-electron chi connectivity index (χ4n) is 11.6. The maximum atomic E-state index is 2.81. The molecule has 0 N–H and O–H groups in total. The smallest absolute Gasteiger partial charge is 0.0235 e. The number of hydrogen-bond acceptors (Lipinski definition) is 0. The van der Waals surface area contributed by atoms with Gasteiger partial charge in [-0.1, -0.05) is 55.4 Å². The molecule has 0 aromatic carbocycles. The van der Waals surface area contributed by atoms with Crippen LogP contribution in [0.2, 0.25) is 0 Å². The van der Waals surface area contributed by atoms with Crippen LogP contribution in [0.1, 0.15) is 120 Å². The average molecular weight is 413 g/mol. The van der Waals surface area contributed by atoms with E-state index in [1.807, 2.05) is 0 Å². The van der Waals surface area contributed by atoms with Gasteiger partial charge in [-0.2, -0.15) is 0 Å². The van der Waals surface area contributed by atoms with Crippen molar-refractivity contribution in [3.05, 3.63) is 0 Å². The number of hydrogen-bond donors (Lipinski definition) is 0. The fourth-order valence-corrected chi connectivity index (χ4v) is 11.6. The van der Waals surface area contributed by atoms with Crippen molar-refractivity contribution in [1.29, 1.82) is 0 Å². The molecule has 5 saturated carbocycles. The van der Waals surface area contributed by atoms with E-state index >= 15 is 0 Å². The Balaban J connectivity index is 1.51. The third-order valence-corrected chi connectivity index (χ3v) is 13.8. The van der Waals surface area contributed by atoms with Crippen LogP contribution in [-0.4, -0.2) is 0 Å². The molecule has 0 aromatic rings. The van der Waals surface area contributed by atoms with Crippen LogP contribution in [-0.2, 0) is 0 Å². The molecule has 5 fully saturated rings. The molecule has 172 valence electrons. The topological polar surface area (TPSA) is 0 Å². The van der Waals surface area contributed by atoms with Crippen molar-refractivity contribution < 1.29 is 0 Å². The fraction of sp³-hybridized carbons (Fsp3) is 1.00. The summed E-state index contributed by atoms with van der Waals surface area (Å²) in [5.74, 6) is 7.70. The van der Waals surface area contributed by atoms with Gasteiger partial charge in [-0.15, -0.1) is 0 Å². The summed E-state index contributed by atoms with van der Waals surface area (Å²) in [6.07, 6.45) is 15.2. The first-order valence-corrected chi connectivity index (χ1v) is 14.0. The van der Waals surface area contributed by atoms with Gasteiger partial charge in [0, 0.05) is 0 Å². The van der Waals surface area contributed by atoms with Crippen LogP contribution in [0, 0.1) is 69.0 Å². The Hall–Kier alpha value is 0. The summed E-state index contributed by atoms with van der Waals surface area (Å²) >= 11 is 0. The lowest BCUT2D eigenvalue weighted by molar-refractivity contribution is -0.230. The van der Waals surface area contributed by atoms with Gasteiger partial charge < -0.3 is 0 Å². The van der Waals surface area contributed by atoms with Gasteiger partial charge in [-0.25, -0.2) is 0 Å². The molecule has 5 aliphatic rings. The summed E-state index contributed by atoms with van der Waals surface area (Å²) in [5.41, 5.74) is 2.42. The predicted molar refractivity (Wildman–Crippen MR) is 129 cm³/mol. The van der Waals surface area contributed by atoms with E-state index in [1.165, 1.54) is 51.4 Å². The maximum absolute atomic E-state index is 2.81. The third kappa shape index (κ3) is 2.58. The highest BCUT2D eigenvalue weighted by Crippen LogP contribution is 2.76. The van der Waals surface area contributed by atoms with E-state index < -0.39 is 0 Å². The monoisotopic (exact) mass is 412 g/mol. The molecular formula is C30H52. The van der Waals surface area contributed by atoms with Crippen molar-refractivity contribution in [2.75, 3.05) is 0 Å². The van der Waals surface area contributed by atoms with E-state index in [-0.39, 0.29) is 0 Å². The molecule has 0 aromatic heterocycles. The summed E-state index contributed by atoms with van der Waals surface area (Å²) in [6, 6.07) is 0. The van der Waals surface area contributed by atoms with E-state index in [4.69, 9.17) is 0 Å². The van der Waals surface area contributed by atoms with Crippen molar-refractivity contribution in [1.82, 2.24) is 0 Å². The average Bonchev–Trinajstić information content (AvgIpc) is 3.03. The molecule has 5 rings (SSSR count). The van der Waals surface area contributed by atoms with E-state index in [1.54, 1.807) is 12.8 Å². The van der Waals surface area contributed by atoms with Gasteiger partial charge in [-0.05, 0) is 133 Å². The SMILES string of the molecule is CC(C)[C@H]1CC[C@]2(C)[C@H]3CC[C@@H]4[C@@H]5[C@@H](C)[C@H](C)CC[C@]5(C)CC[C@@]4(C)[C@]3(C)CC[C@@H]12. The van der Waals surface area contributed by atoms with Crippen LogP contribution < -0.4 is 0 Å². The van der Waals surface area contributed by atoms with Crippen molar-refractivity contribution in [2.45, 2.75) is 120 Å². The summed E-state index contributed by atoms with van der Waals surface area (Å²) < 4.78 is 0. The van der Waals surface area contributed by atoms with Gasteiger partial charge in [0.15, 0.2) is 0 Å². The first-order chi connectivity index (χ1) is 14.0. The molecule has 5 aliphatic carbocycles. The van der Waals surface area contributed by atoms with Gasteiger partial charge >= 0.3 is 0 Å². The Kier molecular flexibility index (Phi) is 4.92. The van der Waals surface area contributed by atoms with Crippen LogP contribution in [0.5, 0.6) is 0 Å². The molecule has 0 heteroatoms. The Morgan fingerprint density at radius 3 is 2.10 bits per heavy atom. The minimum absolute atomic E-state index is 0.578. The Morgan fingerprint density at radius 2 is 1.40 bits per heavy atom. The summed E-state index contributed by atoms with van der Waals surface area (Å²) in [5, 5.41) is 0. The van der Waals surface area contributed by atoms with Crippen LogP contribution in [0.15, 0.2) is 0 Å². The van der Waals surface area contributed by atoms with Crippen LogP contribution in [0.25, 0.3) is 0 Å². The molecule has 30 heavy (non-hydrogen) atoms. The largest absolute Gasteiger partial charge is 0.0625 e. The second-order valence-electron chi connectivity index (χ2n) is 14.7. The first-order valence-electron chi connectivity index (χ1n) is 14.0. The van der Waals surface area contributed by atoms with Crippen molar-refractivity contribution >= 4 is 0 Å². The first kappa shape index (κ1) is 21.8. The Labute approximate surface area is 188 Å². The minimum atomic E-state index is 0.578. The van der Waals surface area contributed by atoms with Crippen molar-refractivity contribution in [3.63, 3.8) is 0 Å². The predicted octanol–water partition coefficient (Wildman–Crippen LogP) is 8.99. The van der Waals surface area contributed by atoms with Gasteiger partial charge in [0.25, 0.3) is 0 Å². The molecule has 0 spiro atoms. The lowest BCUT2D eigenvalue weighted by Gasteiger charge is -2.72. The zero-order valence-corrected chi connectivity index (χ0v) is 21.7. The Morgan fingerprint density at radius 1 is 0.667 bits per heavy atom. The highest BCUT2D eigenvalue weighted by atomic mass is 14.7. The zero-order chi connectivity index (χ0) is 21.7. The summed E-state index contributed by atoms with van der Waals surface area (Å²) in [6.45, 7) is 21.3. The molecule has 0 heterocycles. The quantitative estimate of drug-likeness (QED) is 0.403. The summed E-state index contributed by atoms with van der Waals surface area (Å²) in [4.78, 5) is 0. The molecule has 11 atom stereocenters. The van der Waals surface area contributed by atoms with E-state index in [0.29, 0.717) is 21.7 Å². The molecule has 0 bridgehead atoms. The van der Waals surface area contributed by atoms with Gasteiger partial charge in [-0.3, -0.25) is 0 Å². The molecule has 0 nitrogen and oxygen atoms in total. The number of rotatable bonds is 1.